The van der Waals surface area contributed by atoms with Crippen molar-refractivity contribution in [1.82, 2.24) is 9.97 Å². The lowest BCUT2D eigenvalue weighted by Gasteiger charge is -2.20. The smallest absolute Gasteiger partial charge is 0.170 e. The predicted octanol–water partition coefficient (Wildman–Crippen LogP) is 8.56. The Morgan fingerprint density at radius 3 is 2.05 bits per heavy atom. The Bertz CT molecular complexity index is 1920. The Balaban J connectivity index is 1.47. The van der Waals surface area contributed by atoms with E-state index in [4.69, 9.17) is 9.97 Å². The van der Waals surface area contributed by atoms with E-state index in [1.165, 1.54) is 5.39 Å². The first-order valence-corrected chi connectivity index (χ1v) is 14.6. The number of rotatable bonds is 6. The van der Waals surface area contributed by atoms with E-state index in [0.29, 0.717) is 5.31 Å². The van der Waals surface area contributed by atoms with Gasteiger partial charge in [-0.15, -0.1) is 0 Å². The zero-order valence-electron chi connectivity index (χ0n) is 21.7. The molecule has 4 aromatic carbocycles. The molecular weight excluding hydrogens is 495 g/mol. The second kappa shape index (κ2) is 10.3. The third-order valence-electron chi connectivity index (χ3n) is 7.08. The molecular formula is C35H27N2OP. The number of pyridine rings is 2. The van der Waals surface area contributed by atoms with Crippen molar-refractivity contribution in [2.75, 3.05) is 0 Å². The molecule has 0 aliphatic carbocycles. The normalized spacial score (nSPS) is 13.5. The largest absolute Gasteiger partial charge is 0.309 e. The highest BCUT2D eigenvalue weighted by atomic mass is 31.2. The van der Waals surface area contributed by atoms with Crippen LogP contribution in [0.2, 0.25) is 0 Å². The second-order valence-electron chi connectivity index (χ2n) is 9.41. The fourth-order valence-electron chi connectivity index (χ4n) is 5.13. The second-order valence-corrected chi connectivity index (χ2v) is 12.2. The van der Waals surface area contributed by atoms with Crippen molar-refractivity contribution >= 4 is 50.3 Å². The number of benzene rings is 4. The van der Waals surface area contributed by atoms with Crippen LogP contribution in [0.1, 0.15) is 6.92 Å². The molecule has 39 heavy (non-hydrogen) atoms. The van der Waals surface area contributed by atoms with Gasteiger partial charge in [-0.25, -0.2) is 4.98 Å². The molecule has 2 heterocycles. The SMILES string of the molecule is C=C(/C=C\C=C/C)P(=O)(c1ccccc1)c1ccc(-c2ccc3c4ccccc4c4cccnc4c3n2)cc1. The van der Waals surface area contributed by atoms with Crippen LogP contribution in [0, 0.1) is 0 Å². The van der Waals surface area contributed by atoms with Crippen LogP contribution < -0.4 is 10.6 Å². The van der Waals surface area contributed by atoms with E-state index in [1.54, 1.807) is 0 Å². The van der Waals surface area contributed by atoms with Crippen LogP contribution in [0.25, 0.3) is 43.8 Å². The van der Waals surface area contributed by atoms with Crippen LogP contribution in [-0.2, 0) is 4.57 Å². The molecule has 0 saturated heterocycles. The minimum atomic E-state index is -3.11. The van der Waals surface area contributed by atoms with Crippen molar-refractivity contribution in [3.63, 3.8) is 0 Å². The van der Waals surface area contributed by atoms with Gasteiger partial charge in [-0.05, 0) is 35.9 Å². The number of fused-ring (bicyclic) bond motifs is 6. The van der Waals surface area contributed by atoms with E-state index in [0.717, 1.165) is 49.1 Å². The van der Waals surface area contributed by atoms with E-state index in [2.05, 4.69) is 43.0 Å². The fourth-order valence-corrected chi connectivity index (χ4v) is 7.54. The highest BCUT2D eigenvalue weighted by Crippen LogP contribution is 2.51. The summed E-state index contributed by atoms with van der Waals surface area (Å²) < 4.78 is 14.6. The average Bonchev–Trinajstić information content (AvgIpc) is 3.01. The number of aromatic nitrogens is 2. The minimum absolute atomic E-state index is 0.591. The molecule has 0 saturated carbocycles. The number of allylic oxidation sites excluding steroid dienone is 5. The molecule has 188 valence electrons. The van der Waals surface area contributed by atoms with Gasteiger partial charge in [0.15, 0.2) is 7.14 Å². The van der Waals surface area contributed by atoms with Gasteiger partial charge in [-0.1, -0.05) is 116 Å². The summed E-state index contributed by atoms with van der Waals surface area (Å²) in [5.74, 6) is 0. The Labute approximate surface area is 228 Å². The summed E-state index contributed by atoms with van der Waals surface area (Å²) in [6.07, 6.45) is 9.39. The maximum absolute atomic E-state index is 14.6. The Hall–Kier alpha value is -4.59. The van der Waals surface area contributed by atoms with Gasteiger partial charge < -0.3 is 4.57 Å². The van der Waals surface area contributed by atoms with Crippen molar-refractivity contribution in [2.24, 2.45) is 0 Å². The molecule has 0 aliphatic rings. The third kappa shape index (κ3) is 4.31. The summed E-state index contributed by atoms with van der Waals surface area (Å²) in [6, 6.07) is 34.1. The van der Waals surface area contributed by atoms with Gasteiger partial charge in [0.25, 0.3) is 0 Å². The van der Waals surface area contributed by atoms with Crippen LogP contribution in [0.3, 0.4) is 0 Å². The van der Waals surface area contributed by atoms with Gasteiger partial charge >= 0.3 is 0 Å². The van der Waals surface area contributed by atoms with E-state index in [9.17, 15) is 4.57 Å². The Morgan fingerprint density at radius 1 is 0.692 bits per heavy atom. The minimum Gasteiger partial charge on any atom is -0.309 e. The fraction of sp³-hybridized carbons (Fsp3) is 0.0286. The highest BCUT2D eigenvalue weighted by molar-refractivity contribution is 7.82. The molecule has 1 atom stereocenters. The Morgan fingerprint density at radius 2 is 1.33 bits per heavy atom. The molecule has 3 nitrogen and oxygen atoms in total. The lowest BCUT2D eigenvalue weighted by molar-refractivity contribution is 0.591. The molecule has 0 spiro atoms. The van der Waals surface area contributed by atoms with Crippen LogP contribution in [0.5, 0.6) is 0 Å². The molecule has 1 unspecified atom stereocenters. The van der Waals surface area contributed by atoms with Crippen LogP contribution in [-0.4, -0.2) is 9.97 Å². The average molecular weight is 523 g/mol. The lowest BCUT2D eigenvalue weighted by Crippen LogP contribution is -2.16. The van der Waals surface area contributed by atoms with Crippen molar-refractivity contribution in [1.29, 1.82) is 0 Å². The summed E-state index contributed by atoms with van der Waals surface area (Å²) >= 11 is 0. The van der Waals surface area contributed by atoms with Crippen LogP contribution in [0.15, 0.2) is 146 Å². The number of nitrogens with zero attached hydrogens (tertiary/aromatic N) is 2. The molecule has 0 fully saturated rings. The monoisotopic (exact) mass is 522 g/mol. The van der Waals surface area contributed by atoms with E-state index < -0.39 is 7.14 Å². The zero-order valence-corrected chi connectivity index (χ0v) is 22.6. The number of hydrogen-bond acceptors (Lipinski definition) is 3. The first kappa shape index (κ1) is 24.7. The standard InChI is InChI=1S/C35H27N2OP/c1-3-4-6-12-25(2)39(38,27-13-7-5-8-14-27)28-20-18-26(19-21-28)33-23-22-32-30-16-10-9-15-29(30)31-17-11-24-36-34(31)35(32)37-33/h3-24H,2H2,1H3/b4-3-,12-6-. The molecule has 0 aliphatic heterocycles. The summed E-state index contributed by atoms with van der Waals surface area (Å²) in [4.78, 5) is 9.79. The van der Waals surface area contributed by atoms with Gasteiger partial charge in [-0.3, -0.25) is 4.98 Å². The third-order valence-corrected chi connectivity index (χ3v) is 10.1. The number of hydrogen-bond donors (Lipinski definition) is 0. The molecule has 0 bridgehead atoms. The predicted molar refractivity (Wildman–Crippen MR) is 166 cm³/mol. The summed E-state index contributed by atoms with van der Waals surface area (Å²) in [5, 5.41) is 6.60. The van der Waals surface area contributed by atoms with Crippen LogP contribution >= 0.6 is 7.14 Å². The molecule has 0 amide bonds. The van der Waals surface area contributed by atoms with Crippen molar-refractivity contribution in [3.8, 4) is 11.3 Å². The topological polar surface area (TPSA) is 42.9 Å². The van der Waals surface area contributed by atoms with Gasteiger partial charge in [0.1, 0.15) is 0 Å². The van der Waals surface area contributed by atoms with Gasteiger partial charge in [0.2, 0.25) is 0 Å². The maximum atomic E-state index is 14.6. The zero-order chi connectivity index (χ0) is 26.8. The Kier molecular flexibility index (Phi) is 6.52. The summed E-state index contributed by atoms with van der Waals surface area (Å²) in [7, 11) is -3.11. The first-order chi connectivity index (χ1) is 19.1. The van der Waals surface area contributed by atoms with Gasteiger partial charge in [-0.2, -0.15) is 0 Å². The molecule has 6 aromatic rings. The van der Waals surface area contributed by atoms with Crippen molar-refractivity contribution < 1.29 is 4.57 Å². The van der Waals surface area contributed by atoms with Crippen molar-refractivity contribution in [2.45, 2.75) is 6.92 Å². The molecule has 6 rings (SSSR count). The van der Waals surface area contributed by atoms with E-state index in [1.807, 2.05) is 104 Å². The van der Waals surface area contributed by atoms with E-state index >= 15 is 0 Å². The summed E-state index contributed by atoms with van der Waals surface area (Å²) in [6.45, 7) is 6.17. The van der Waals surface area contributed by atoms with Crippen molar-refractivity contribution in [3.05, 3.63) is 146 Å². The molecule has 0 N–H and O–H groups in total. The first-order valence-electron chi connectivity index (χ1n) is 12.9. The molecule has 2 aromatic heterocycles. The van der Waals surface area contributed by atoms with Gasteiger partial charge in [0.05, 0.1) is 16.7 Å². The maximum Gasteiger partial charge on any atom is 0.170 e. The quantitative estimate of drug-likeness (QED) is 0.125. The molecule has 0 radical (unpaired) electrons. The lowest BCUT2D eigenvalue weighted by atomic mass is 9.99. The summed E-state index contributed by atoms with van der Waals surface area (Å²) in [5.41, 5.74) is 3.57. The highest BCUT2D eigenvalue weighted by Gasteiger charge is 2.29. The van der Waals surface area contributed by atoms with Crippen LogP contribution in [0.4, 0.5) is 0 Å². The van der Waals surface area contributed by atoms with E-state index in [-0.39, 0.29) is 0 Å². The molecule has 4 heteroatoms. The van der Waals surface area contributed by atoms with Gasteiger partial charge in [0, 0.05) is 38.5 Å².